The molecule has 0 amide bonds. The number of carbonyl (C=O) groups is 1. The Bertz CT molecular complexity index is 659. The fourth-order valence-corrected chi connectivity index (χ4v) is 1.69. The molecular weight excluding hydrogens is 242 g/mol. The Balaban J connectivity index is 2.54. The molecule has 1 N–H and O–H groups in total. The number of nitrogens with zero attached hydrogens (tertiary/aromatic N) is 1. The summed E-state index contributed by atoms with van der Waals surface area (Å²) in [5.41, 5.74) is -0.823. The number of aliphatic imine (C=N–C) groups is 1. The van der Waals surface area contributed by atoms with Gasteiger partial charge in [0.1, 0.15) is 0 Å². The molecule has 98 valence electrons. The van der Waals surface area contributed by atoms with Gasteiger partial charge in [-0.25, -0.2) is 4.79 Å². The fraction of sp³-hybridized carbons (Fsp3) is 0.200. The molecule has 0 atom stereocenters. The minimum Gasteiger partial charge on any atom is -0.872 e. The lowest BCUT2D eigenvalue weighted by molar-refractivity contribution is -0.268. The summed E-state index contributed by atoms with van der Waals surface area (Å²) < 4.78 is 0. The molecule has 0 saturated carbocycles. The van der Waals surface area contributed by atoms with Crippen LogP contribution in [0.4, 0.5) is 0 Å². The van der Waals surface area contributed by atoms with Gasteiger partial charge in [0.2, 0.25) is 0 Å². The first kappa shape index (κ1) is 13.1. The molecule has 0 saturated heterocycles. The molecule has 0 aliphatic rings. The molecule has 2 rings (SSSR count). The highest BCUT2D eigenvalue weighted by molar-refractivity contribution is 6.02. The summed E-state index contributed by atoms with van der Waals surface area (Å²) in [5, 5.41) is 22.6. The monoisotopic (exact) mass is 256 g/mol. The first-order valence-electron chi connectivity index (χ1n) is 5.89. The van der Waals surface area contributed by atoms with E-state index in [1.54, 1.807) is 6.07 Å². The molecule has 2 aromatic rings. The van der Waals surface area contributed by atoms with Crippen LogP contribution in [-0.4, -0.2) is 22.8 Å². The molecule has 4 heteroatoms. The molecule has 0 aliphatic carbocycles. The maximum absolute atomic E-state index is 11.9. The number of hydrogen-bond acceptors (Lipinski definition) is 3. The number of carboxylic acid groups (broad SMARTS) is 1. The molecule has 0 fully saturated rings. The summed E-state index contributed by atoms with van der Waals surface area (Å²) in [5.74, 6) is -1.19. The second-order valence-electron chi connectivity index (χ2n) is 4.82. The van der Waals surface area contributed by atoms with E-state index in [1.807, 2.05) is 24.3 Å². The molecule has 2 aromatic carbocycles. The SMILES string of the molecule is CC(C)(N=Cc1c([O-])ccc2ccccc12)C(=O)O. The number of fused-ring (bicyclic) bond motifs is 1. The van der Waals surface area contributed by atoms with Crippen LogP contribution in [0.15, 0.2) is 41.4 Å². The standard InChI is InChI=1S/C15H15NO3/c1-15(2,14(18)19)16-9-12-11-6-4-3-5-10(11)7-8-13(12)17/h3-9,17H,1-2H3,(H,18,19)/p-1. The van der Waals surface area contributed by atoms with Crippen LogP contribution in [0.1, 0.15) is 19.4 Å². The Hall–Kier alpha value is -2.36. The predicted molar refractivity (Wildman–Crippen MR) is 72.7 cm³/mol. The van der Waals surface area contributed by atoms with E-state index in [0.29, 0.717) is 5.56 Å². The second-order valence-corrected chi connectivity index (χ2v) is 4.82. The highest BCUT2D eigenvalue weighted by Gasteiger charge is 2.24. The van der Waals surface area contributed by atoms with Crippen molar-refractivity contribution in [1.29, 1.82) is 0 Å². The van der Waals surface area contributed by atoms with Gasteiger partial charge < -0.3 is 10.2 Å². The highest BCUT2D eigenvalue weighted by Crippen LogP contribution is 2.24. The average molecular weight is 256 g/mol. The van der Waals surface area contributed by atoms with Crippen molar-refractivity contribution < 1.29 is 15.0 Å². The molecular formula is C15H14NO3-. The highest BCUT2D eigenvalue weighted by atomic mass is 16.4. The third-order valence-corrected chi connectivity index (χ3v) is 2.97. The van der Waals surface area contributed by atoms with E-state index >= 15 is 0 Å². The second kappa shape index (κ2) is 4.72. The summed E-state index contributed by atoms with van der Waals surface area (Å²) >= 11 is 0. The van der Waals surface area contributed by atoms with E-state index in [4.69, 9.17) is 5.11 Å². The molecule has 0 radical (unpaired) electrons. The van der Waals surface area contributed by atoms with Crippen molar-refractivity contribution >= 4 is 23.0 Å². The van der Waals surface area contributed by atoms with E-state index in [1.165, 1.54) is 26.1 Å². The van der Waals surface area contributed by atoms with Crippen molar-refractivity contribution in [3.63, 3.8) is 0 Å². The van der Waals surface area contributed by atoms with Gasteiger partial charge >= 0.3 is 5.97 Å². The number of benzene rings is 2. The molecule has 0 aliphatic heterocycles. The zero-order chi connectivity index (χ0) is 14.0. The summed E-state index contributed by atoms with van der Waals surface area (Å²) in [7, 11) is 0. The number of carboxylic acids is 1. The van der Waals surface area contributed by atoms with E-state index in [2.05, 4.69) is 4.99 Å². The first-order chi connectivity index (χ1) is 8.92. The lowest BCUT2D eigenvalue weighted by Crippen LogP contribution is -2.29. The lowest BCUT2D eigenvalue weighted by Gasteiger charge is -2.16. The first-order valence-corrected chi connectivity index (χ1v) is 5.89. The zero-order valence-electron chi connectivity index (χ0n) is 10.8. The van der Waals surface area contributed by atoms with E-state index < -0.39 is 11.5 Å². The quantitative estimate of drug-likeness (QED) is 0.855. The topological polar surface area (TPSA) is 72.7 Å². The van der Waals surface area contributed by atoms with Gasteiger partial charge in [-0.05, 0) is 30.2 Å². The van der Waals surface area contributed by atoms with Gasteiger partial charge in [-0.3, -0.25) is 4.99 Å². The third kappa shape index (κ3) is 2.57. The van der Waals surface area contributed by atoms with Crippen LogP contribution in [0.3, 0.4) is 0 Å². The van der Waals surface area contributed by atoms with Gasteiger partial charge in [0.15, 0.2) is 5.54 Å². The molecule has 0 unspecified atom stereocenters. The Kier molecular flexibility index (Phi) is 3.25. The minimum atomic E-state index is -1.25. The van der Waals surface area contributed by atoms with Crippen molar-refractivity contribution in [3.05, 3.63) is 42.0 Å². The molecule has 0 bridgehead atoms. The van der Waals surface area contributed by atoms with Gasteiger partial charge in [-0.1, -0.05) is 42.1 Å². The average Bonchev–Trinajstić information content (AvgIpc) is 2.37. The van der Waals surface area contributed by atoms with Crippen LogP contribution in [0, 0.1) is 0 Å². The van der Waals surface area contributed by atoms with Crippen LogP contribution in [0.5, 0.6) is 5.75 Å². The summed E-state index contributed by atoms with van der Waals surface area (Å²) in [4.78, 5) is 15.0. The van der Waals surface area contributed by atoms with Gasteiger partial charge in [-0.15, -0.1) is 0 Å². The Morgan fingerprint density at radius 2 is 1.95 bits per heavy atom. The van der Waals surface area contributed by atoms with Crippen LogP contribution in [0.2, 0.25) is 0 Å². The van der Waals surface area contributed by atoms with Gasteiger partial charge in [0.25, 0.3) is 0 Å². The van der Waals surface area contributed by atoms with Crippen LogP contribution in [-0.2, 0) is 4.79 Å². The van der Waals surface area contributed by atoms with Crippen molar-refractivity contribution in [3.8, 4) is 5.75 Å². The lowest BCUT2D eigenvalue weighted by atomic mass is 10.0. The molecule has 4 nitrogen and oxygen atoms in total. The molecule has 0 heterocycles. The van der Waals surface area contributed by atoms with Crippen molar-refractivity contribution in [2.45, 2.75) is 19.4 Å². The molecule has 0 aromatic heterocycles. The van der Waals surface area contributed by atoms with Crippen molar-refractivity contribution in [2.24, 2.45) is 4.99 Å². The van der Waals surface area contributed by atoms with Crippen LogP contribution in [0.25, 0.3) is 10.8 Å². The predicted octanol–water partition coefficient (Wildman–Crippen LogP) is 2.20. The van der Waals surface area contributed by atoms with Crippen molar-refractivity contribution in [1.82, 2.24) is 0 Å². The van der Waals surface area contributed by atoms with Gasteiger partial charge in [0.05, 0.1) is 0 Å². The van der Waals surface area contributed by atoms with E-state index in [9.17, 15) is 9.90 Å². The Morgan fingerprint density at radius 1 is 1.26 bits per heavy atom. The Morgan fingerprint density at radius 3 is 2.63 bits per heavy atom. The number of hydrogen-bond donors (Lipinski definition) is 1. The van der Waals surface area contributed by atoms with Crippen LogP contribution < -0.4 is 5.11 Å². The fourth-order valence-electron chi connectivity index (χ4n) is 1.69. The smallest absolute Gasteiger partial charge is 0.330 e. The third-order valence-electron chi connectivity index (χ3n) is 2.97. The van der Waals surface area contributed by atoms with E-state index in [-0.39, 0.29) is 5.75 Å². The summed E-state index contributed by atoms with van der Waals surface area (Å²) in [6, 6.07) is 10.7. The molecule has 19 heavy (non-hydrogen) atoms. The van der Waals surface area contributed by atoms with Crippen molar-refractivity contribution in [2.75, 3.05) is 0 Å². The summed E-state index contributed by atoms with van der Waals surface area (Å²) in [6.07, 6.45) is 1.36. The largest absolute Gasteiger partial charge is 0.872 e. The minimum absolute atomic E-state index is 0.163. The summed E-state index contributed by atoms with van der Waals surface area (Å²) in [6.45, 7) is 2.98. The zero-order valence-corrected chi connectivity index (χ0v) is 10.8. The maximum Gasteiger partial charge on any atom is 0.330 e. The molecule has 0 spiro atoms. The van der Waals surface area contributed by atoms with Crippen LogP contribution >= 0.6 is 0 Å². The normalized spacial score (nSPS) is 12.1. The van der Waals surface area contributed by atoms with Gasteiger partial charge in [-0.2, -0.15) is 0 Å². The van der Waals surface area contributed by atoms with Gasteiger partial charge in [0, 0.05) is 6.21 Å². The van der Waals surface area contributed by atoms with E-state index in [0.717, 1.165) is 10.8 Å². The number of rotatable bonds is 3. The number of aliphatic carboxylic acids is 1. The Labute approximate surface area is 111 Å². The maximum atomic E-state index is 11.9.